The quantitative estimate of drug-likeness (QED) is 0.662. The van der Waals surface area contributed by atoms with Crippen LogP contribution in [0.15, 0.2) is 52.4 Å². The summed E-state index contributed by atoms with van der Waals surface area (Å²) in [6.45, 7) is 3.30. The summed E-state index contributed by atoms with van der Waals surface area (Å²) in [4.78, 5) is 21.8. The first-order chi connectivity index (χ1) is 14.6. The van der Waals surface area contributed by atoms with Crippen LogP contribution in [0.3, 0.4) is 0 Å². The van der Waals surface area contributed by atoms with E-state index in [4.69, 9.17) is 21.1 Å². The molecule has 8 heteroatoms. The average molecular weight is 444 g/mol. The van der Waals surface area contributed by atoms with Gasteiger partial charge in [0.25, 0.3) is 5.91 Å². The number of nitrogens with zero attached hydrogens (tertiary/aromatic N) is 3. The van der Waals surface area contributed by atoms with Gasteiger partial charge >= 0.3 is 0 Å². The number of halogens is 1. The molecule has 0 N–H and O–H groups in total. The number of carbonyl (C=O) groups is 1. The fourth-order valence-corrected chi connectivity index (χ4v) is 4.61. The number of rotatable bonds is 4. The fourth-order valence-electron chi connectivity index (χ4n) is 3.46. The van der Waals surface area contributed by atoms with Crippen molar-refractivity contribution in [2.75, 3.05) is 45.3 Å². The van der Waals surface area contributed by atoms with Crippen molar-refractivity contribution in [1.82, 2.24) is 4.90 Å². The standard InChI is InChI=1S/C22H22ClN3O3S/c1-28-18-7-6-15(12-19(18)29-2)13-20-21(27)24-22(30-20)26-10-8-25(9-11-26)17-5-3-4-16(23)14-17/h3-7,12-14H,8-11H2,1-2H3. The van der Waals surface area contributed by atoms with Crippen LogP contribution < -0.4 is 14.4 Å². The highest BCUT2D eigenvalue weighted by Gasteiger charge is 2.28. The molecule has 2 aromatic rings. The molecule has 0 radical (unpaired) electrons. The van der Waals surface area contributed by atoms with E-state index in [9.17, 15) is 4.79 Å². The van der Waals surface area contributed by atoms with Crippen LogP contribution in [0.1, 0.15) is 5.56 Å². The third kappa shape index (κ3) is 4.42. The first-order valence-corrected chi connectivity index (χ1v) is 10.8. The molecule has 0 aromatic heterocycles. The van der Waals surface area contributed by atoms with Gasteiger partial charge in [0.2, 0.25) is 0 Å². The van der Waals surface area contributed by atoms with Crippen molar-refractivity contribution in [2.24, 2.45) is 4.99 Å². The predicted octanol–water partition coefficient (Wildman–Crippen LogP) is 4.15. The lowest BCUT2D eigenvalue weighted by Crippen LogP contribution is -2.47. The maximum Gasteiger partial charge on any atom is 0.286 e. The van der Waals surface area contributed by atoms with Gasteiger partial charge in [0.1, 0.15) is 0 Å². The second kappa shape index (κ2) is 9.02. The minimum absolute atomic E-state index is 0.206. The molecule has 0 aliphatic carbocycles. The predicted molar refractivity (Wildman–Crippen MR) is 123 cm³/mol. The Hall–Kier alpha value is -2.64. The Morgan fingerprint density at radius 2 is 1.73 bits per heavy atom. The van der Waals surface area contributed by atoms with Crippen molar-refractivity contribution in [1.29, 1.82) is 0 Å². The topological polar surface area (TPSA) is 54.4 Å². The zero-order chi connectivity index (χ0) is 21.1. The van der Waals surface area contributed by atoms with Crippen molar-refractivity contribution in [2.45, 2.75) is 0 Å². The molecular weight excluding hydrogens is 422 g/mol. The van der Waals surface area contributed by atoms with Crippen molar-refractivity contribution in [3.05, 3.63) is 58.0 Å². The summed E-state index contributed by atoms with van der Waals surface area (Å²) in [5.74, 6) is 1.07. The van der Waals surface area contributed by atoms with E-state index in [0.717, 1.165) is 47.6 Å². The minimum Gasteiger partial charge on any atom is -0.493 e. The van der Waals surface area contributed by atoms with E-state index in [1.807, 2.05) is 42.5 Å². The van der Waals surface area contributed by atoms with E-state index in [1.54, 1.807) is 14.2 Å². The smallest absolute Gasteiger partial charge is 0.286 e. The van der Waals surface area contributed by atoms with E-state index in [2.05, 4.69) is 20.9 Å². The molecule has 30 heavy (non-hydrogen) atoms. The SMILES string of the molecule is COc1ccc(C=C2SC(N3CCN(c4cccc(Cl)c4)CC3)=NC2=O)cc1OC. The van der Waals surface area contributed by atoms with Gasteiger partial charge in [-0.15, -0.1) is 0 Å². The van der Waals surface area contributed by atoms with E-state index < -0.39 is 0 Å². The Balaban J connectivity index is 1.41. The molecule has 0 unspecified atom stereocenters. The van der Waals surface area contributed by atoms with Gasteiger partial charge in [-0.2, -0.15) is 4.99 Å². The number of ether oxygens (including phenoxy) is 2. The van der Waals surface area contributed by atoms with Crippen LogP contribution in [-0.4, -0.2) is 56.4 Å². The first kappa shape index (κ1) is 20.6. The van der Waals surface area contributed by atoms with Crippen LogP contribution in [0, 0.1) is 0 Å². The van der Waals surface area contributed by atoms with E-state index >= 15 is 0 Å². The van der Waals surface area contributed by atoms with Gasteiger partial charge in [-0.3, -0.25) is 4.79 Å². The molecule has 4 rings (SSSR count). The number of benzene rings is 2. The molecule has 2 aliphatic heterocycles. The molecule has 2 aromatic carbocycles. The normalized spacial score (nSPS) is 18.0. The summed E-state index contributed by atoms with van der Waals surface area (Å²) < 4.78 is 10.6. The molecule has 1 saturated heterocycles. The van der Waals surface area contributed by atoms with Crippen LogP contribution in [0.25, 0.3) is 6.08 Å². The Morgan fingerprint density at radius 1 is 1.00 bits per heavy atom. The minimum atomic E-state index is -0.206. The van der Waals surface area contributed by atoms with E-state index in [-0.39, 0.29) is 5.91 Å². The summed E-state index contributed by atoms with van der Waals surface area (Å²) in [5, 5.41) is 1.50. The second-order valence-corrected chi connectivity index (χ2v) is 8.32. The number of aliphatic imine (C=N–C) groups is 1. The Morgan fingerprint density at radius 3 is 2.43 bits per heavy atom. The lowest BCUT2D eigenvalue weighted by atomic mass is 10.2. The number of anilines is 1. The maximum atomic E-state index is 12.4. The molecule has 156 valence electrons. The fraction of sp³-hybridized carbons (Fsp3) is 0.273. The number of amidine groups is 1. The van der Waals surface area contributed by atoms with Gasteiger partial charge < -0.3 is 19.3 Å². The Labute approximate surface area is 185 Å². The Kier molecular flexibility index (Phi) is 6.20. The molecule has 2 heterocycles. The molecule has 2 aliphatic rings. The van der Waals surface area contributed by atoms with Crippen LogP contribution >= 0.6 is 23.4 Å². The molecule has 0 atom stereocenters. The van der Waals surface area contributed by atoms with Gasteiger partial charge in [-0.05, 0) is 53.7 Å². The molecule has 0 saturated carbocycles. The second-order valence-electron chi connectivity index (χ2n) is 6.88. The average Bonchev–Trinajstić information content (AvgIpc) is 3.14. The third-order valence-electron chi connectivity index (χ3n) is 5.04. The highest BCUT2D eigenvalue weighted by atomic mass is 35.5. The van der Waals surface area contributed by atoms with Crippen LogP contribution in [0.4, 0.5) is 5.69 Å². The van der Waals surface area contributed by atoms with Gasteiger partial charge in [-0.1, -0.05) is 23.7 Å². The molecule has 6 nitrogen and oxygen atoms in total. The maximum absolute atomic E-state index is 12.4. The highest BCUT2D eigenvalue weighted by molar-refractivity contribution is 8.18. The molecule has 1 fully saturated rings. The summed E-state index contributed by atoms with van der Waals surface area (Å²) in [5.41, 5.74) is 1.99. The lowest BCUT2D eigenvalue weighted by molar-refractivity contribution is -0.113. The number of thioether (sulfide) groups is 1. The first-order valence-electron chi connectivity index (χ1n) is 9.57. The molecular formula is C22H22ClN3O3S. The van der Waals surface area contributed by atoms with Crippen molar-refractivity contribution < 1.29 is 14.3 Å². The van der Waals surface area contributed by atoms with Gasteiger partial charge in [0, 0.05) is 36.9 Å². The van der Waals surface area contributed by atoms with Crippen molar-refractivity contribution in [3.8, 4) is 11.5 Å². The van der Waals surface area contributed by atoms with E-state index in [0.29, 0.717) is 16.4 Å². The lowest BCUT2D eigenvalue weighted by Gasteiger charge is -2.36. The molecule has 0 spiro atoms. The Bertz CT molecular complexity index is 1020. The molecule has 1 amide bonds. The van der Waals surface area contributed by atoms with Crippen molar-refractivity contribution >= 4 is 46.2 Å². The summed E-state index contributed by atoms with van der Waals surface area (Å²) in [6, 6.07) is 13.5. The summed E-state index contributed by atoms with van der Waals surface area (Å²) in [6.07, 6.45) is 1.84. The van der Waals surface area contributed by atoms with Gasteiger partial charge in [0.15, 0.2) is 16.7 Å². The number of carbonyl (C=O) groups excluding carboxylic acids is 1. The monoisotopic (exact) mass is 443 g/mol. The zero-order valence-corrected chi connectivity index (χ0v) is 18.4. The summed E-state index contributed by atoms with van der Waals surface area (Å²) in [7, 11) is 3.19. The molecule has 0 bridgehead atoms. The van der Waals surface area contributed by atoms with E-state index in [1.165, 1.54) is 11.8 Å². The van der Waals surface area contributed by atoms with Gasteiger partial charge in [-0.25, -0.2) is 0 Å². The number of hydrogen-bond donors (Lipinski definition) is 0. The van der Waals surface area contributed by atoms with Crippen LogP contribution in [0.5, 0.6) is 11.5 Å². The number of hydrogen-bond acceptors (Lipinski definition) is 6. The van der Waals surface area contributed by atoms with Crippen LogP contribution in [-0.2, 0) is 4.79 Å². The number of methoxy groups -OCH3 is 2. The number of piperazine rings is 1. The third-order valence-corrected chi connectivity index (χ3v) is 6.32. The largest absolute Gasteiger partial charge is 0.493 e. The zero-order valence-electron chi connectivity index (χ0n) is 16.8. The van der Waals surface area contributed by atoms with Crippen molar-refractivity contribution in [3.63, 3.8) is 0 Å². The number of amides is 1. The summed E-state index contributed by atoms with van der Waals surface area (Å²) >= 11 is 7.53. The highest BCUT2D eigenvalue weighted by Crippen LogP contribution is 2.33. The van der Waals surface area contributed by atoms with Gasteiger partial charge in [0.05, 0.1) is 19.1 Å². The van der Waals surface area contributed by atoms with Crippen LogP contribution in [0.2, 0.25) is 5.02 Å².